The Bertz CT molecular complexity index is 952. The molecule has 3 aromatic rings. The molecule has 0 aliphatic carbocycles. The summed E-state index contributed by atoms with van der Waals surface area (Å²) in [5, 5.41) is 23.7. The molecule has 0 saturated carbocycles. The SMILES string of the molecule is CC(Sc1nnc(NCc2ccccc2)s1)C(=O)Nc1ccccc1C#N. The fourth-order valence-electron chi connectivity index (χ4n) is 2.23. The van der Waals surface area contributed by atoms with Crippen LogP contribution >= 0.6 is 23.1 Å². The standard InChI is InChI=1S/C19H17N5OS2/c1-13(17(25)22-16-10-6-5-9-15(16)11-20)26-19-24-23-18(27-19)21-12-14-7-3-2-4-8-14/h2-10,13H,12H2,1H3,(H,21,23)(H,22,25). The molecule has 8 heteroatoms. The normalized spacial score (nSPS) is 11.4. The Labute approximate surface area is 165 Å². The van der Waals surface area contributed by atoms with Crippen LogP contribution in [-0.2, 0) is 11.3 Å². The molecule has 136 valence electrons. The lowest BCUT2D eigenvalue weighted by Gasteiger charge is -2.11. The molecule has 1 aromatic heterocycles. The zero-order chi connectivity index (χ0) is 19.1. The van der Waals surface area contributed by atoms with Crippen LogP contribution in [0.15, 0.2) is 58.9 Å². The Balaban J connectivity index is 1.55. The number of amides is 1. The van der Waals surface area contributed by atoms with Gasteiger partial charge in [0.15, 0.2) is 4.34 Å². The largest absolute Gasteiger partial charge is 0.356 e. The van der Waals surface area contributed by atoms with Gasteiger partial charge in [0.05, 0.1) is 16.5 Å². The van der Waals surface area contributed by atoms with E-state index in [0.29, 0.717) is 27.3 Å². The van der Waals surface area contributed by atoms with Crippen LogP contribution in [0.1, 0.15) is 18.1 Å². The first-order chi connectivity index (χ1) is 13.2. The van der Waals surface area contributed by atoms with Gasteiger partial charge < -0.3 is 10.6 Å². The van der Waals surface area contributed by atoms with Gasteiger partial charge >= 0.3 is 0 Å². The lowest BCUT2D eigenvalue weighted by molar-refractivity contribution is -0.115. The van der Waals surface area contributed by atoms with Crippen LogP contribution < -0.4 is 10.6 Å². The Hall–Kier alpha value is -2.89. The maximum Gasteiger partial charge on any atom is 0.237 e. The predicted octanol–water partition coefficient (Wildman–Crippen LogP) is 4.14. The van der Waals surface area contributed by atoms with Crippen molar-refractivity contribution in [1.29, 1.82) is 5.26 Å². The summed E-state index contributed by atoms with van der Waals surface area (Å²) < 4.78 is 0.710. The van der Waals surface area contributed by atoms with Gasteiger partial charge in [0.25, 0.3) is 0 Å². The van der Waals surface area contributed by atoms with Crippen molar-refractivity contribution < 1.29 is 4.79 Å². The number of carbonyl (C=O) groups excluding carboxylic acids is 1. The molecule has 1 atom stereocenters. The van der Waals surface area contributed by atoms with Crippen molar-refractivity contribution in [2.45, 2.75) is 23.1 Å². The van der Waals surface area contributed by atoms with Gasteiger partial charge in [-0.25, -0.2) is 0 Å². The topological polar surface area (TPSA) is 90.7 Å². The number of hydrogen-bond donors (Lipinski definition) is 2. The highest BCUT2D eigenvalue weighted by atomic mass is 32.2. The second kappa shape index (κ2) is 9.16. The van der Waals surface area contributed by atoms with Crippen LogP contribution in [0.25, 0.3) is 0 Å². The maximum atomic E-state index is 12.4. The second-order valence-corrected chi connectivity index (χ2v) is 8.18. The number of para-hydroxylation sites is 1. The summed E-state index contributed by atoms with van der Waals surface area (Å²) in [5.41, 5.74) is 2.11. The molecule has 2 N–H and O–H groups in total. The van der Waals surface area contributed by atoms with Gasteiger partial charge in [-0.3, -0.25) is 4.79 Å². The number of thioether (sulfide) groups is 1. The summed E-state index contributed by atoms with van der Waals surface area (Å²) in [6, 6.07) is 19.0. The second-order valence-electron chi connectivity index (χ2n) is 5.62. The Morgan fingerprint density at radius 2 is 1.93 bits per heavy atom. The van der Waals surface area contributed by atoms with E-state index in [2.05, 4.69) is 26.9 Å². The highest BCUT2D eigenvalue weighted by Gasteiger charge is 2.18. The van der Waals surface area contributed by atoms with Crippen LogP contribution in [0.3, 0.4) is 0 Å². The van der Waals surface area contributed by atoms with Crippen LogP contribution in [0.4, 0.5) is 10.8 Å². The number of nitriles is 1. The molecule has 0 saturated heterocycles. The van der Waals surface area contributed by atoms with Crippen LogP contribution in [0.2, 0.25) is 0 Å². The van der Waals surface area contributed by atoms with Gasteiger partial charge in [0, 0.05) is 6.54 Å². The van der Waals surface area contributed by atoms with E-state index in [0.717, 1.165) is 5.56 Å². The third kappa shape index (κ3) is 5.29. The maximum absolute atomic E-state index is 12.4. The predicted molar refractivity (Wildman–Crippen MR) is 109 cm³/mol. The quantitative estimate of drug-likeness (QED) is 0.584. The lowest BCUT2D eigenvalue weighted by Crippen LogP contribution is -2.22. The molecule has 0 aliphatic heterocycles. The van der Waals surface area contributed by atoms with Crippen molar-refractivity contribution in [3.8, 4) is 6.07 Å². The van der Waals surface area contributed by atoms with E-state index in [4.69, 9.17) is 5.26 Å². The molecule has 0 radical (unpaired) electrons. The molecule has 2 aromatic carbocycles. The fraction of sp³-hybridized carbons (Fsp3) is 0.158. The van der Waals surface area contributed by atoms with Crippen LogP contribution in [0, 0.1) is 11.3 Å². The number of aromatic nitrogens is 2. The average molecular weight is 396 g/mol. The molecular formula is C19H17N5OS2. The van der Waals surface area contributed by atoms with Crippen molar-refractivity contribution in [2.24, 2.45) is 0 Å². The summed E-state index contributed by atoms with van der Waals surface area (Å²) in [4.78, 5) is 12.4. The van der Waals surface area contributed by atoms with E-state index >= 15 is 0 Å². The third-order valence-corrected chi connectivity index (χ3v) is 5.71. The van der Waals surface area contributed by atoms with Crippen molar-refractivity contribution in [3.05, 3.63) is 65.7 Å². The van der Waals surface area contributed by atoms with E-state index in [9.17, 15) is 4.79 Å². The number of anilines is 2. The van der Waals surface area contributed by atoms with Crippen molar-refractivity contribution in [2.75, 3.05) is 10.6 Å². The first kappa shape index (κ1) is 18.9. The summed E-state index contributed by atoms with van der Waals surface area (Å²) in [7, 11) is 0. The van der Waals surface area contributed by atoms with Crippen LogP contribution in [0.5, 0.6) is 0 Å². The number of benzene rings is 2. The molecule has 0 fully saturated rings. The van der Waals surface area contributed by atoms with E-state index in [-0.39, 0.29) is 11.2 Å². The molecule has 0 bridgehead atoms. The van der Waals surface area contributed by atoms with Crippen LogP contribution in [-0.4, -0.2) is 21.4 Å². The average Bonchev–Trinajstić information content (AvgIpc) is 3.15. The first-order valence-electron chi connectivity index (χ1n) is 8.23. The molecule has 0 aliphatic rings. The van der Waals surface area contributed by atoms with E-state index < -0.39 is 0 Å². The van der Waals surface area contributed by atoms with Crippen molar-refractivity contribution in [1.82, 2.24) is 10.2 Å². The van der Waals surface area contributed by atoms with E-state index in [1.165, 1.54) is 23.1 Å². The van der Waals surface area contributed by atoms with E-state index in [1.54, 1.807) is 31.2 Å². The highest BCUT2D eigenvalue weighted by Crippen LogP contribution is 2.29. The molecule has 1 amide bonds. The van der Waals surface area contributed by atoms with Crippen molar-refractivity contribution in [3.63, 3.8) is 0 Å². The van der Waals surface area contributed by atoms with Gasteiger partial charge in [-0.05, 0) is 24.6 Å². The van der Waals surface area contributed by atoms with Gasteiger partial charge in [0.2, 0.25) is 11.0 Å². The number of rotatable bonds is 7. The van der Waals surface area contributed by atoms with Gasteiger partial charge in [-0.2, -0.15) is 5.26 Å². The molecule has 6 nitrogen and oxygen atoms in total. The Morgan fingerprint density at radius 3 is 2.70 bits per heavy atom. The number of hydrogen-bond acceptors (Lipinski definition) is 7. The lowest BCUT2D eigenvalue weighted by atomic mass is 10.2. The van der Waals surface area contributed by atoms with Gasteiger partial charge in [-0.15, -0.1) is 10.2 Å². The minimum atomic E-state index is -0.369. The zero-order valence-corrected chi connectivity index (χ0v) is 16.2. The van der Waals surface area contributed by atoms with Gasteiger partial charge in [0.1, 0.15) is 6.07 Å². The molecule has 27 heavy (non-hydrogen) atoms. The third-order valence-electron chi connectivity index (χ3n) is 3.65. The molecule has 3 rings (SSSR count). The molecule has 0 spiro atoms. The minimum absolute atomic E-state index is 0.184. The number of nitrogens with zero attached hydrogens (tertiary/aromatic N) is 3. The number of nitrogens with one attached hydrogen (secondary N) is 2. The smallest absolute Gasteiger partial charge is 0.237 e. The number of carbonyl (C=O) groups is 1. The monoisotopic (exact) mass is 395 g/mol. The molecule has 1 unspecified atom stereocenters. The van der Waals surface area contributed by atoms with Crippen molar-refractivity contribution >= 4 is 39.8 Å². The Kier molecular flexibility index (Phi) is 6.41. The van der Waals surface area contributed by atoms with Gasteiger partial charge in [-0.1, -0.05) is 65.6 Å². The summed E-state index contributed by atoms with van der Waals surface area (Å²) >= 11 is 2.75. The summed E-state index contributed by atoms with van der Waals surface area (Å²) in [5.74, 6) is -0.184. The summed E-state index contributed by atoms with van der Waals surface area (Å²) in [6.45, 7) is 2.47. The molecular weight excluding hydrogens is 378 g/mol. The van der Waals surface area contributed by atoms with E-state index in [1.807, 2.05) is 30.3 Å². The fourth-order valence-corrected chi connectivity index (χ4v) is 4.12. The summed E-state index contributed by atoms with van der Waals surface area (Å²) in [6.07, 6.45) is 0. The Morgan fingerprint density at radius 1 is 1.19 bits per heavy atom. The first-order valence-corrected chi connectivity index (χ1v) is 9.93. The highest BCUT2D eigenvalue weighted by molar-refractivity contribution is 8.02. The zero-order valence-electron chi connectivity index (χ0n) is 14.5. The molecule has 1 heterocycles. The minimum Gasteiger partial charge on any atom is -0.356 e.